The normalized spacial score (nSPS) is 17.4. The molecular weight excluding hydrogens is 405 g/mol. The van der Waals surface area contributed by atoms with Crippen LogP contribution in [-0.4, -0.2) is 57.4 Å². The van der Waals surface area contributed by atoms with Crippen LogP contribution in [-0.2, 0) is 16.4 Å². The largest absolute Gasteiger partial charge is 0.511 e. The van der Waals surface area contributed by atoms with Crippen LogP contribution in [0.2, 0.25) is 0 Å². The molecular formula is C19H29F3N4O2S. The van der Waals surface area contributed by atoms with E-state index in [9.17, 15) is 21.6 Å². The molecule has 1 heterocycles. The molecule has 1 aliphatic rings. The van der Waals surface area contributed by atoms with Crippen molar-refractivity contribution in [2.45, 2.75) is 38.6 Å². The maximum Gasteiger partial charge on any atom is 0.511 e. The van der Waals surface area contributed by atoms with Gasteiger partial charge in [-0.3, -0.25) is 4.99 Å². The molecule has 1 aliphatic heterocycles. The average Bonchev–Trinajstić information content (AvgIpc) is 2.65. The fourth-order valence-electron chi connectivity index (χ4n) is 3.40. The lowest BCUT2D eigenvalue weighted by Crippen LogP contribution is -2.47. The molecule has 10 heteroatoms. The molecule has 6 nitrogen and oxygen atoms in total. The van der Waals surface area contributed by atoms with E-state index < -0.39 is 15.5 Å². The van der Waals surface area contributed by atoms with Crippen molar-refractivity contribution in [2.75, 3.05) is 33.2 Å². The SMILES string of the molecule is CN=C(NCCc1ccc(C)cc1C)NCC1CCN(S(=O)(=O)C(F)(F)F)CC1. The van der Waals surface area contributed by atoms with E-state index >= 15 is 0 Å². The molecule has 0 amide bonds. The Labute approximate surface area is 170 Å². The third-order valence-corrected chi connectivity index (χ3v) is 6.80. The first-order valence-corrected chi connectivity index (χ1v) is 11.1. The molecule has 2 N–H and O–H groups in total. The van der Waals surface area contributed by atoms with Crippen LogP contribution >= 0.6 is 0 Å². The number of hydrogen-bond acceptors (Lipinski definition) is 3. The van der Waals surface area contributed by atoms with Crippen molar-refractivity contribution in [1.82, 2.24) is 14.9 Å². The zero-order valence-corrected chi connectivity index (χ0v) is 17.8. The van der Waals surface area contributed by atoms with Crippen LogP contribution in [0.5, 0.6) is 0 Å². The van der Waals surface area contributed by atoms with Crippen LogP contribution in [0.4, 0.5) is 13.2 Å². The fraction of sp³-hybridized carbons (Fsp3) is 0.632. The van der Waals surface area contributed by atoms with Crippen LogP contribution in [0, 0.1) is 19.8 Å². The number of halogens is 3. The van der Waals surface area contributed by atoms with Crippen LogP contribution < -0.4 is 10.6 Å². The molecule has 0 spiro atoms. The Balaban J connectivity index is 1.75. The molecule has 164 valence electrons. The van der Waals surface area contributed by atoms with Crippen molar-refractivity contribution >= 4 is 16.0 Å². The molecule has 0 aromatic heterocycles. The van der Waals surface area contributed by atoms with Crippen LogP contribution in [0.3, 0.4) is 0 Å². The van der Waals surface area contributed by atoms with Gasteiger partial charge in [-0.25, -0.2) is 8.42 Å². The van der Waals surface area contributed by atoms with Crippen LogP contribution in [0.1, 0.15) is 29.5 Å². The van der Waals surface area contributed by atoms with Crippen molar-refractivity contribution in [3.05, 3.63) is 34.9 Å². The van der Waals surface area contributed by atoms with E-state index in [2.05, 4.69) is 47.7 Å². The number of piperidine rings is 1. The third kappa shape index (κ3) is 6.33. The zero-order valence-electron chi connectivity index (χ0n) is 17.0. The Bertz CT molecular complexity index is 817. The van der Waals surface area contributed by atoms with Crippen LogP contribution in [0.15, 0.2) is 23.2 Å². The second-order valence-corrected chi connectivity index (χ2v) is 9.28. The zero-order chi connectivity index (χ0) is 21.7. The topological polar surface area (TPSA) is 73.8 Å². The second kappa shape index (κ2) is 9.80. The van der Waals surface area contributed by atoms with Crippen molar-refractivity contribution in [2.24, 2.45) is 10.9 Å². The molecule has 1 saturated heterocycles. The van der Waals surface area contributed by atoms with Gasteiger partial charge in [-0.15, -0.1) is 0 Å². The number of aryl methyl sites for hydroxylation is 2. The van der Waals surface area contributed by atoms with Gasteiger partial charge in [-0.1, -0.05) is 23.8 Å². The van der Waals surface area contributed by atoms with Gasteiger partial charge in [-0.05, 0) is 50.2 Å². The Morgan fingerprint density at radius 1 is 1.21 bits per heavy atom. The minimum atomic E-state index is -5.24. The van der Waals surface area contributed by atoms with Crippen molar-refractivity contribution < 1.29 is 21.6 Å². The Hall–Kier alpha value is -1.81. The first-order chi connectivity index (χ1) is 13.5. The molecule has 2 rings (SSSR count). The summed E-state index contributed by atoms with van der Waals surface area (Å²) in [6, 6.07) is 6.35. The molecule has 1 aromatic carbocycles. The standard InChI is InChI=1S/C19H29F3N4O2S/c1-14-4-5-17(15(2)12-14)6-9-24-18(23-3)25-13-16-7-10-26(11-8-16)29(27,28)19(20,21)22/h4-5,12,16H,6-11,13H2,1-3H3,(H2,23,24,25). The highest BCUT2D eigenvalue weighted by molar-refractivity contribution is 7.90. The minimum absolute atomic E-state index is 0.0903. The Morgan fingerprint density at radius 3 is 2.41 bits per heavy atom. The average molecular weight is 435 g/mol. The third-order valence-electron chi connectivity index (χ3n) is 5.17. The smallest absolute Gasteiger partial charge is 0.356 e. The Morgan fingerprint density at radius 2 is 1.86 bits per heavy atom. The van der Waals surface area contributed by atoms with Gasteiger partial charge in [0.15, 0.2) is 5.96 Å². The lowest BCUT2D eigenvalue weighted by molar-refractivity contribution is -0.0496. The Kier molecular flexibility index (Phi) is 7.93. The van der Waals surface area contributed by atoms with Gasteiger partial charge in [0.2, 0.25) is 0 Å². The van der Waals surface area contributed by atoms with Crippen molar-refractivity contribution in [1.29, 1.82) is 0 Å². The molecule has 29 heavy (non-hydrogen) atoms. The summed E-state index contributed by atoms with van der Waals surface area (Å²) in [6.45, 7) is 5.14. The summed E-state index contributed by atoms with van der Waals surface area (Å²) in [5.74, 6) is 0.715. The van der Waals surface area contributed by atoms with Gasteiger partial charge >= 0.3 is 15.5 Å². The highest BCUT2D eigenvalue weighted by atomic mass is 32.2. The fourth-order valence-corrected chi connectivity index (χ4v) is 4.39. The monoisotopic (exact) mass is 434 g/mol. The van der Waals surface area contributed by atoms with Gasteiger partial charge in [0.25, 0.3) is 0 Å². The van der Waals surface area contributed by atoms with E-state index in [4.69, 9.17) is 0 Å². The highest BCUT2D eigenvalue weighted by Gasteiger charge is 2.50. The van der Waals surface area contributed by atoms with E-state index in [-0.39, 0.29) is 19.0 Å². The number of aliphatic imine (C=N–C) groups is 1. The predicted octanol–water partition coefficient (Wildman–Crippen LogP) is 2.57. The first-order valence-electron chi connectivity index (χ1n) is 9.61. The molecule has 0 aliphatic carbocycles. The number of nitrogens with zero attached hydrogens (tertiary/aromatic N) is 2. The number of benzene rings is 1. The predicted molar refractivity (Wildman–Crippen MR) is 108 cm³/mol. The van der Waals surface area contributed by atoms with Gasteiger partial charge in [0, 0.05) is 33.2 Å². The molecule has 0 radical (unpaired) electrons. The lowest BCUT2D eigenvalue weighted by Gasteiger charge is -2.31. The molecule has 0 atom stereocenters. The molecule has 0 saturated carbocycles. The first kappa shape index (κ1) is 23.5. The van der Waals surface area contributed by atoms with Gasteiger partial charge < -0.3 is 10.6 Å². The number of nitrogens with one attached hydrogen (secondary N) is 2. The second-order valence-electron chi connectivity index (χ2n) is 7.35. The number of sulfonamides is 1. The number of hydrogen-bond donors (Lipinski definition) is 2. The highest BCUT2D eigenvalue weighted by Crippen LogP contribution is 2.30. The maximum absolute atomic E-state index is 12.6. The van der Waals surface area contributed by atoms with E-state index in [0.29, 0.717) is 36.2 Å². The number of rotatable bonds is 6. The summed E-state index contributed by atoms with van der Waals surface area (Å²) in [6.07, 6.45) is 1.60. The maximum atomic E-state index is 12.6. The summed E-state index contributed by atoms with van der Waals surface area (Å²) in [5.41, 5.74) is -1.50. The molecule has 1 aromatic rings. The van der Waals surface area contributed by atoms with Crippen LogP contribution in [0.25, 0.3) is 0 Å². The minimum Gasteiger partial charge on any atom is -0.356 e. The van der Waals surface area contributed by atoms with Gasteiger partial charge in [0.05, 0.1) is 0 Å². The van der Waals surface area contributed by atoms with Gasteiger partial charge in [0.1, 0.15) is 0 Å². The summed E-state index contributed by atoms with van der Waals surface area (Å²) in [7, 11) is -3.57. The lowest BCUT2D eigenvalue weighted by atomic mass is 9.98. The molecule has 0 unspecified atom stereocenters. The van der Waals surface area contributed by atoms with Crippen molar-refractivity contribution in [3.63, 3.8) is 0 Å². The van der Waals surface area contributed by atoms with Crippen molar-refractivity contribution in [3.8, 4) is 0 Å². The van der Waals surface area contributed by atoms with E-state index in [1.807, 2.05) is 0 Å². The van der Waals surface area contributed by atoms with E-state index in [1.54, 1.807) is 7.05 Å². The summed E-state index contributed by atoms with van der Waals surface area (Å²) in [5, 5.41) is 6.42. The summed E-state index contributed by atoms with van der Waals surface area (Å²) >= 11 is 0. The number of alkyl halides is 3. The summed E-state index contributed by atoms with van der Waals surface area (Å²) in [4.78, 5) is 4.17. The van der Waals surface area contributed by atoms with Gasteiger partial charge in [-0.2, -0.15) is 17.5 Å². The summed E-state index contributed by atoms with van der Waals surface area (Å²) < 4.78 is 61.4. The van der Waals surface area contributed by atoms with E-state index in [1.165, 1.54) is 16.7 Å². The molecule has 1 fully saturated rings. The molecule has 0 bridgehead atoms. The number of guanidine groups is 1. The van der Waals surface area contributed by atoms with E-state index in [0.717, 1.165) is 6.42 Å². The quantitative estimate of drug-likeness (QED) is 0.533.